The fourth-order valence-electron chi connectivity index (χ4n) is 3.27. The molecule has 4 heteroatoms. The maximum Gasteiger partial charge on any atom is 0.407 e. The first-order valence-electron chi connectivity index (χ1n) is 6.59. The van der Waals surface area contributed by atoms with Crippen molar-refractivity contribution < 1.29 is 9.53 Å². The van der Waals surface area contributed by atoms with Crippen LogP contribution >= 0.6 is 0 Å². The SMILES string of the molecule is CC(C)(C)OC(=O)NCC1C2CCC(C2)C1N. The quantitative estimate of drug-likeness (QED) is 0.774. The van der Waals surface area contributed by atoms with E-state index in [1.165, 1.54) is 19.3 Å². The fraction of sp³-hybridized carbons (Fsp3) is 0.923. The van der Waals surface area contributed by atoms with Crippen LogP contribution in [0.15, 0.2) is 0 Å². The van der Waals surface area contributed by atoms with Crippen molar-refractivity contribution in [3.05, 3.63) is 0 Å². The zero-order chi connectivity index (χ0) is 12.6. The van der Waals surface area contributed by atoms with E-state index in [4.69, 9.17) is 10.5 Å². The number of alkyl carbamates (subject to hydrolysis) is 1. The Kier molecular flexibility index (Phi) is 3.34. The van der Waals surface area contributed by atoms with E-state index >= 15 is 0 Å². The zero-order valence-electron chi connectivity index (χ0n) is 11.0. The number of amides is 1. The van der Waals surface area contributed by atoms with Gasteiger partial charge in [0.15, 0.2) is 0 Å². The Labute approximate surface area is 103 Å². The van der Waals surface area contributed by atoms with Gasteiger partial charge in [0, 0.05) is 12.6 Å². The molecule has 0 aromatic rings. The van der Waals surface area contributed by atoms with Gasteiger partial charge in [0.05, 0.1) is 0 Å². The summed E-state index contributed by atoms with van der Waals surface area (Å²) >= 11 is 0. The molecule has 98 valence electrons. The standard InChI is InChI=1S/C13H24N2O2/c1-13(2,3)17-12(16)15-7-10-8-4-5-9(6-8)11(10)14/h8-11H,4-7,14H2,1-3H3,(H,15,16). The van der Waals surface area contributed by atoms with Gasteiger partial charge in [0.2, 0.25) is 0 Å². The number of nitrogens with one attached hydrogen (secondary N) is 1. The minimum atomic E-state index is -0.430. The minimum absolute atomic E-state index is 0.267. The molecule has 0 aromatic carbocycles. The molecule has 0 aliphatic heterocycles. The van der Waals surface area contributed by atoms with Crippen molar-refractivity contribution in [1.82, 2.24) is 5.32 Å². The molecular weight excluding hydrogens is 216 g/mol. The largest absolute Gasteiger partial charge is 0.444 e. The molecule has 0 spiro atoms. The molecule has 4 nitrogen and oxygen atoms in total. The summed E-state index contributed by atoms with van der Waals surface area (Å²) in [5.74, 6) is 1.84. The molecule has 2 bridgehead atoms. The molecular formula is C13H24N2O2. The Morgan fingerprint density at radius 2 is 2.00 bits per heavy atom. The van der Waals surface area contributed by atoms with Gasteiger partial charge in [0.25, 0.3) is 0 Å². The number of carbonyl (C=O) groups is 1. The van der Waals surface area contributed by atoms with E-state index in [0.29, 0.717) is 24.3 Å². The smallest absolute Gasteiger partial charge is 0.407 e. The van der Waals surface area contributed by atoms with Crippen LogP contribution in [0, 0.1) is 17.8 Å². The van der Waals surface area contributed by atoms with Gasteiger partial charge in [-0.25, -0.2) is 4.79 Å². The molecule has 2 rings (SSSR count). The summed E-state index contributed by atoms with van der Waals surface area (Å²) in [7, 11) is 0. The molecule has 0 saturated heterocycles. The summed E-state index contributed by atoms with van der Waals surface area (Å²) in [6.07, 6.45) is 3.47. The van der Waals surface area contributed by atoms with Crippen LogP contribution in [0.3, 0.4) is 0 Å². The molecule has 0 radical (unpaired) electrons. The fourth-order valence-corrected chi connectivity index (χ4v) is 3.27. The van der Waals surface area contributed by atoms with E-state index in [-0.39, 0.29) is 12.1 Å². The minimum Gasteiger partial charge on any atom is -0.444 e. The van der Waals surface area contributed by atoms with Crippen molar-refractivity contribution >= 4 is 6.09 Å². The lowest BCUT2D eigenvalue weighted by Gasteiger charge is -2.28. The summed E-state index contributed by atoms with van der Waals surface area (Å²) < 4.78 is 5.22. The second kappa shape index (κ2) is 4.48. The summed E-state index contributed by atoms with van der Waals surface area (Å²) in [4.78, 5) is 11.6. The number of ether oxygens (including phenoxy) is 1. The third kappa shape index (κ3) is 2.92. The van der Waals surface area contributed by atoms with Gasteiger partial charge in [-0.1, -0.05) is 0 Å². The summed E-state index contributed by atoms with van der Waals surface area (Å²) in [6, 6.07) is 0.267. The molecule has 4 atom stereocenters. The molecule has 2 aliphatic rings. The molecule has 3 N–H and O–H groups in total. The second-order valence-electron chi connectivity index (χ2n) is 6.46. The van der Waals surface area contributed by atoms with Crippen molar-refractivity contribution in [2.75, 3.05) is 6.54 Å². The number of carbonyl (C=O) groups excluding carboxylic acids is 1. The number of rotatable bonds is 2. The maximum absolute atomic E-state index is 11.6. The van der Waals surface area contributed by atoms with Crippen LogP contribution < -0.4 is 11.1 Å². The Hall–Kier alpha value is -0.770. The zero-order valence-corrected chi connectivity index (χ0v) is 11.0. The van der Waals surface area contributed by atoms with Crippen molar-refractivity contribution in [2.24, 2.45) is 23.5 Å². The van der Waals surface area contributed by atoms with Gasteiger partial charge in [-0.2, -0.15) is 0 Å². The van der Waals surface area contributed by atoms with Gasteiger partial charge in [-0.3, -0.25) is 0 Å². The number of nitrogens with two attached hydrogens (primary N) is 1. The Bertz CT molecular complexity index is 296. The number of hydrogen-bond acceptors (Lipinski definition) is 3. The lowest BCUT2D eigenvalue weighted by molar-refractivity contribution is 0.0511. The topological polar surface area (TPSA) is 64.3 Å². The lowest BCUT2D eigenvalue weighted by atomic mass is 9.85. The van der Waals surface area contributed by atoms with Crippen LogP contribution in [0.4, 0.5) is 4.79 Å². The number of fused-ring (bicyclic) bond motifs is 2. The maximum atomic E-state index is 11.6. The average molecular weight is 240 g/mol. The Morgan fingerprint density at radius 3 is 2.53 bits per heavy atom. The molecule has 2 aliphatic carbocycles. The van der Waals surface area contributed by atoms with E-state index in [0.717, 1.165) is 0 Å². The summed E-state index contributed by atoms with van der Waals surface area (Å²) in [6.45, 7) is 6.28. The molecule has 4 unspecified atom stereocenters. The Morgan fingerprint density at radius 1 is 1.35 bits per heavy atom. The van der Waals surface area contributed by atoms with Gasteiger partial charge in [0.1, 0.15) is 5.60 Å². The van der Waals surface area contributed by atoms with E-state index in [9.17, 15) is 4.79 Å². The van der Waals surface area contributed by atoms with E-state index in [1.54, 1.807) is 0 Å². The Balaban J connectivity index is 1.77. The van der Waals surface area contributed by atoms with Crippen molar-refractivity contribution in [2.45, 2.75) is 51.7 Å². The first-order chi connectivity index (χ1) is 7.87. The normalized spacial score (nSPS) is 36.0. The molecule has 2 fully saturated rings. The molecule has 1 amide bonds. The van der Waals surface area contributed by atoms with Crippen LogP contribution in [-0.2, 0) is 4.74 Å². The van der Waals surface area contributed by atoms with Gasteiger partial charge < -0.3 is 15.8 Å². The van der Waals surface area contributed by atoms with Gasteiger partial charge in [-0.05, 0) is 57.8 Å². The highest BCUT2D eigenvalue weighted by molar-refractivity contribution is 5.67. The molecule has 0 aromatic heterocycles. The van der Waals surface area contributed by atoms with Crippen LogP contribution in [0.5, 0.6) is 0 Å². The van der Waals surface area contributed by atoms with Crippen LogP contribution in [0.2, 0.25) is 0 Å². The van der Waals surface area contributed by atoms with Crippen LogP contribution in [0.1, 0.15) is 40.0 Å². The van der Waals surface area contributed by atoms with Crippen LogP contribution in [0.25, 0.3) is 0 Å². The van der Waals surface area contributed by atoms with Crippen molar-refractivity contribution in [3.63, 3.8) is 0 Å². The highest BCUT2D eigenvalue weighted by atomic mass is 16.6. The monoisotopic (exact) mass is 240 g/mol. The predicted molar refractivity (Wildman–Crippen MR) is 66.5 cm³/mol. The third-order valence-corrected chi connectivity index (χ3v) is 4.04. The first-order valence-corrected chi connectivity index (χ1v) is 6.59. The van der Waals surface area contributed by atoms with Crippen LogP contribution in [-0.4, -0.2) is 24.3 Å². The van der Waals surface area contributed by atoms with E-state index in [2.05, 4.69) is 5.32 Å². The summed E-state index contributed by atoms with van der Waals surface area (Å²) in [5, 5.41) is 2.86. The highest BCUT2D eigenvalue weighted by Crippen LogP contribution is 2.47. The average Bonchev–Trinajstić information content (AvgIpc) is 2.73. The molecule has 2 saturated carbocycles. The van der Waals surface area contributed by atoms with Gasteiger partial charge >= 0.3 is 6.09 Å². The second-order valence-corrected chi connectivity index (χ2v) is 6.46. The summed E-state index contributed by atoms with van der Waals surface area (Å²) in [5.41, 5.74) is 5.76. The first kappa shape index (κ1) is 12.7. The van der Waals surface area contributed by atoms with E-state index < -0.39 is 5.60 Å². The predicted octanol–water partition coefficient (Wildman–Crippen LogP) is 1.88. The van der Waals surface area contributed by atoms with Gasteiger partial charge in [-0.15, -0.1) is 0 Å². The number of hydrogen-bond donors (Lipinski definition) is 2. The lowest BCUT2D eigenvalue weighted by Crippen LogP contribution is -2.43. The van der Waals surface area contributed by atoms with Crippen molar-refractivity contribution in [3.8, 4) is 0 Å². The van der Waals surface area contributed by atoms with Crippen molar-refractivity contribution in [1.29, 1.82) is 0 Å². The molecule has 0 heterocycles. The molecule has 17 heavy (non-hydrogen) atoms. The highest BCUT2D eigenvalue weighted by Gasteiger charge is 2.45. The third-order valence-electron chi connectivity index (χ3n) is 4.04. The van der Waals surface area contributed by atoms with E-state index in [1.807, 2.05) is 20.8 Å².